The molecule has 1 saturated heterocycles. The first-order chi connectivity index (χ1) is 11.2. The number of hydrogen-bond acceptors (Lipinski definition) is 3. The predicted molar refractivity (Wildman–Crippen MR) is 87.2 cm³/mol. The number of nitrogens with zero attached hydrogens (tertiary/aromatic N) is 2. The van der Waals surface area contributed by atoms with Gasteiger partial charge in [0, 0.05) is 18.5 Å². The van der Waals surface area contributed by atoms with Crippen molar-refractivity contribution in [1.82, 2.24) is 4.90 Å². The van der Waals surface area contributed by atoms with Gasteiger partial charge in [-0.3, -0.25) is 4.79 Å². The summed E-state index contributed by atoms with van der Waals surface area (Å²) in [5, 5.41) is 19.5. The van der Waals surface area contributed by atoms with Crippen molar-refractivity contribution in [2.24, 2.45) is 11.8 Å². The second-order valence-corrected chi connectivity index (χ2v) is 6.72. The Morgan fingerprint density at radius 3 is 2.74 bits per heavy atom. The van der Waals surface area contributed by atoms with Crippen LogP contribution in [-0.4, -0.2) is 28.5 Å². The Labute approximate surface area is 137 Å². The summed E-state index contributed by atoms with van der Waals surface area (Å²) >= 11 is 0. The Bertz CT molecular complexity index is 581. The van der Waals surface area contributed by atoms with Crippen LogP contribution in [0.1, 0.15) is 50.2 Å². The summed E-state index contributed by atoms with van der Waals surface area (Å²) in [7, 11) is 0. The number of rotatable bonds is 5. The van der Waals surface area contributed by atoms with Crippen LogP contribution in [0, 0.1) is 23.2 Å². The number of aliphatic hydroxyl groups excluding tert-OH is 1. The number of fused-ring (bicyclic) bond motifs is 1. The topological polar surface area (TPSA) is 64.3 Å². The molecule has 1 heterocycles. The lowest BCUT2D eigenvalue weighted by Gasteiger charge is -2.31. The van der Waals surface area contributed by atoms with Crippen molar-refractivity contribution in [2.75, 3.05) is 6.54 Å². The molecule has 4 nitrogen and oxygen atoms in total. The maximum absolute atomic E-state index is 12.7. The van der Waals surface area contributed by atoms with Crippen molar-refractivity contribution in [2.45, 2.75) is 50.7 Å². The molecule has 3 rings (SSSR count). The molecule has 1 saturated carbocycles. The van der Waals surface area contributed by atoms with Gasteiger partial charge in [0.2, 0.25) is 5.91 Å². The van der Waals surface area contributed by atoms with Gasteiger partial charge in [-0.1, -0.05) is 43.2 Å². The zero-order valence-corrected chi connectivity index (χ0v) is 13.4. The van der Waals surface area contributed by atoms with E-state index in [1.165, 1.54) is 6.42 Å². The standard InChI is InChI=1S/C19H24N2O2/c20-11-6-12-21-17(13-18(22)14-7-2-1-3-8-14)15-9-4-5-10-16(15)19(21)23/h1-3,7-8,15-18,22H,4-6,9-10,12-13H2/t15-,16+,17+,18+/m1/s1. The second-order valence-electron chi connectivity index (χ2n) is 6.72. The Morgan fingerprint density at radius 1 is 1.26 bits per heavy atom. The molecule has 1 N–H and O–H groups in total. The van der Waals surface area contributed by atoms with Gasteiger partial charge in [-0.25, -0.2) is 0 Å². The van der Waals surface area contributed by atoms with Gasteiger partial charge in [0.25, 0.3) is 0 Å². The summed E-state index contributed by atoms with van der Waals surface area (Å²) < 4.78 is 0. The number of carbonyl (C=O) groups excluding carboxylic acids is 1. The lowest BCUT2D eigenvalue weighted by molar-refractivity contribution is -0.132. The smallest absolute Gasteiger partial charge is 0.226 e. The molecule has 1 aromatic rings. The number of amides is 1. The van der Waals surface area contributed by atoms with E-state index in [0.29, 0.717) is 25.3 Å². The van der Waals surface area contributed by atoms with E-state index in [-0.39, 0.29) is 17.9 Å². The minimum absolute atomic E-state index is 0.0661. The van der Waals surface area contributed by atoms with E-state index in [9.17, 15) is 9.90 Å². The van der Waals surface area contributed by atoms with Gasteiger partial charge in [-0.2, -0.15) is 5.26 Å². The third-order valence-electron chi connectivity index (χ3n) is 5.43. The van der Waals surface area contributed by atoms with E-state index in [4.69, 9.17) is 5.26 Å². The number of aliphatic hydroxyl groups is 1. The number of carbonyl (C=O) groups is 1. The van der Waals surface area contributed by atoms with Crippen LogP contribution in [0.2, 0.25) is 0 Å². The van der Waals surface area contributed by atoms with E-state index >= 15 is 0 Å². The van der Waals surface area contributed by atoms with E-state index in [2.05, 4.69) is 6.07 Å². The van der Waals surface area contributed by atoms with Crippen LogP contribution in [0.5, 0.6) is 0 Å². The molecule has 4 heteroatoms. The lowest BCUT2D eigenvalue weighted by atomic mass is 9.77. The maximum atomic E-state index is 12.7. The molecular weight excluding hydrogens is 288 g/mol. The minimum Gasteiger partial charge on any atom is -0.388 e. The molecule has 0 bridgehead atoms. The van der Waals surface area contributed by atoms with Crippen molar-refractivity contribution < 1.29 is 9.90 Å². The number of likely N-dealkylation sites (tertiary alicyclic amines) is 1. The van der Waals surface area contributed by atoms with Gasteiger partial charge in [0.15, 0.2) is 0 Å². The first kappa shape index (κ1) is 16.0. The van der Waals surface area contributed by atoms with Gasteiger partial charge >= 0.3 is 0 Å². The molecular formula is C19H24N2O2. The third-order valence-corrected chi connectivity index (χ3v) is 5.43. The maximum Gasteiger partial charge on any atom is 0.226 e. The lowest BCUT2D eigenvalue weighted by Crippen LogP contribution is -2.37. The molecule has 122 valence electrons. The quantitative estimate of drug-likeness (QED) is 0.909. The van der Waals surface area contributed by atoms with Crippen LogP contribution in [0.25, 0.3) is 0 Å². The molecule has 0 unspecified atom stereocenters. The van der Waals surface area contributed by atoms with Gasteiger partial charge in [0.05, 0.1) is 18.6 Å². The fourth-order valence-electron chi connectivity index (χ4n) is 4.32. The third kappa shape index (κ3) is 3.25. The van der Waals surface area contributed by atoms with Crippen molar-refractivity contribution in [3.05, 3.63) is 35.9 Å². The molecule has 1 aliphatic carbocycles. The van der Waals surface area contributed by atoms with Crippen LogP contribution < -0.4 is 0 Å². The molecule has 2 aliphatic rings. The first-order valence-electron chi connectivity index (χ1n) is 8.63. The molecule has 1 aliphatic heterocycles. The average Bonchev–Trinajstić information content (AvgIpc) is 2.86. The Hall–Kier alpha value is -1.86. The van der Waals surface area contributed by atoms with Crippen molar-refractivity contribution in [1.29, 1.82) is 5.26 Å². The van der Waals surface area contributed by atoms with E-state index < -0.39 is 6.10 Å². The van der Waals surface area contributed by atoms with Crippen molar-refractivity contribution >= 4 is 5.91 Å². The highest BCUT2D eigenvalue weighted by Crippen LogP contribution is 2.44. The largest absolute Gasteiger partial charge is 0.388 e. The number of nitriles is 1. The van der Waals surface area contributed by atoms with Gasteiger partial charge in [-0.05, 0) is 30.7 Å². The van der Waals surface area contributed by atoms with Crippen LogP contribution in [0.3, 0.4) is 0 Å². The molecule has 4 atom stereocenters. The number of hydrogen-bond donors (Lipinski definition) is 1. The summed E-state index contributed by atoms with van der Waals surface area (Å²) in [6, 6.07) is 11.9. The van der Waals surface area contributed by atoms with Gasteiger partial charge in [0.1, 0.15) is 0 Å². The minimum atomic E-state index is -0.556. The number of benzene rings is 1. The fourth-order valence-corrected chi connectivity index (χ4v) is 4.32. The average molecular weight is 312 g/mol. The summed E-state index contributed by atoms with van der Waals surface area (Å²) in [6.07, 6.45) is 4.69. The summed E-state index contributed by atoms with van der Waals surface area (Å²) in [5.74, 6) is 0.652. The Balaban J connectivity index is 1.78. The fraction of sp³-hybridized carbons (Fsp3) is 0.579. The van der Waals surface area contributed by atoms with Gasteiger partial charge < -0.3 is 10.0 Å². The SMILES string of the molecule is N#CCCN1C(=O)[C@H]2CCCC[C@H]2[C@@H]1C[C@H](O)c1ccccc1. The highest BCUT2D eigenvalue weighted by atomic mass is 16.3. The highest BCUT2D eigenvalue weighted by molar-refractivity contribution is 5.82. The Kier molecular flexibility index (Phi) is 4.97. The van der Waals surface area contributed by atoms with E-state index in [1.807, 2.05) is 35.2 Å². The Morgan fingerprint density at radius 2 is 2.00 bits per heavy atom. The van der Waals surface area contributed by atoms with Gasteiger partial charge in [-0.15, -0.1) is 0 Å². The molecule has 23 heavy (non-hydrogen) atoms. The van der Waals surface area contributed by atoms with Crippen LogP contribution >= 0.6 is 0 Å². The second kappa shape index (κ2) is 7.14. The molecule has 0 spiro atoms. The zero-order valence-electron chi connectivity index (χ0n) is 13.4. The van der Waals surface area contributed by atoms with E-state index in [0.717, 1.165) is 24.8 Å². The summed E-state index contributed by atoms with van der Waals surface area (Å²) in [5.41, 5.74) is 0.902. The molecule has 2 fully saturated rings. The monoisotopic (exact) mass is 312 g/mol. The predicted octanol–water partition coefficient (Wildman–Crippen LogP) is 3.04. The van der Waals surface area contributed by atoms with Crippen molar-refractivity contribution in [3.8, 4) is 6.07 Å². The molecule has 0 radical (unpaired) electrons. The highest BCUT2D eigenvalue weighted by Gasteiger charge is 2.48. The van der Waals surface area contributed by atoms with Crippen LogP contribution in [0.4, 0.5) is 0 Å². The van der Waals surface area contributed by atoms with Crippen molar-refractivity contribution in [3.63, 3.8) is 0 Å². The molecule has 1 amide bonds. The normalized spacial score (nSPS) is 28.3. The summed E-state index contributed by atoms with van der Waals surface area (Å²) in [4.78, 5) is 14.6. The first-order valence-corrected chi connectivity index (χ1v) is 8.63. The van der Waals surface area contributed by atoms with Crippen LogP contribution in [0.15, 0.2) is 30.3 Å². The molecule has 0 aromatic heterocycles. The summed E-state index contributed by atoms with van der Waals surface area (Å²) in [6.45, 7) is 0.495. The molecule has 1 aromatic carbocycles. The van der Waals surface area contributed by atoms with Crippen LogP contribution in [-0.2, 0) is 4.79 Å². The van der Waals surface area contributed by atoms with E-state index in [1.54, 1.807) is 0 Å². The zero-order chi connectivity index (χ0) is 16.2.